The summed E-state index contributed by atoms with van der Waals surface area (Å²) in [5.74, 6) is -0.767. The number of imidazole rings is 1. The predicted molar refractivity (Wildman–Crippen MR) is 92.3 cm³/mol. The first kappa shape index (κ1) is 19.1. The first-order valence-electron chi connectivity index (χ1n) is 7.75. The molecule has 0 bridgehead atoms. The summed E-state index contributed by atoms with van der Waals surface area (Å²) in [6.07, 6.45) is -4.64. The Labute approximate surface area is 152 Å². The summed E-state index contributed by atoms with van der Waals surface area (Å²) < 4.78 is 74.6. The smallest absolute Gasteiger partial charge is 0.341 e. The first-order valence-corrected chi connectivity index (χ1v) is 9.64. The van der Waals surface area contributed by atoms with Gasteiger partial charge in [-0.3, -0.25) is 0 Å². The number of benzene rings is 2. The van der Waals surface area contributed by atoms with Crippen LogP contribution in [0.15, 0.2) is 53.4 Å². The minimum absolute atomic E-state index is 0.0839. The number of rotatable bonds is 4. The van der Waals surface area contributed by atoms with Gasteiger partial charge < -0.3 is 4.98 Å². The van der Waals surface area contributed by atoms with Gasteiger partial charge in [0, 0.05) is 17.4 Å². The highest BCUT2D eigenvalue weighted by Crippen LogP contribution is 2.32. The van der Waals surface area contributed by atoms with E-state index >= 15 is 0 Å². The van der Waals surface area contributed by atoms with E-state index in [1.54, 1.807) is 0 Å². The van der Waals surface area contributed by atoms with Crippen molar-refractivity contribution >= 4 is 9.84 Å². The number of nitrogens with zero attached hydrogens (tertiary/aromatic N) is 1. The van der Waals surface area contributed by atoms with Crippen molar-refractivity contribution in [2.24, 2.45) is 0 Å². The van der Waals surface area contributed by atoms with Crippen molar-refractivity contribution in [3.05, 3.63) is 60.2 Å². The molecule has 3 rings (SSSR count). The summed E-state index contributed by atoms with van der Waals surface area (Å²) in [5, 5.41) is 0. The van der Waals surface area contributed by atoms with E-state index in [4.69, 9.17) is 0 Å². The van der Waals surface area contributed by atoms with Crippen LogP contribution < -0.4 is 0 Å². The molecule has 0 radical (unpaired) electrons. The van der Waals surface area contributed by atoms with Crippen LogP contribution in [0, 0.1) is 5.82 Å². The zero-order valence-corrected chi connectivity index (χ0v) is 14.8. The van der Waals surface area contributed by atoms with Crippen molar-refractivity contribution in [3.8, 4) is 22.5 Å². The highest BCUT2D eigenvalue weighted by Gasteiger charge is 2.30. The van der Waals surface area contributed by atoms with Crippen LogP contribution in [-0.4, -0.2) is 30.8 Å². The number of H-pyrrole nitrogens is 1. The lowest BCUT2D eigenvalue weighted by Gasteiger charge is -2.04. The molecule has 142 valence electrons. The Morgan fingerprint density at radius 2 is 1.52 bits per heavy atom. The molecule has 1 N–H and O–H groups in total. The van der Waals surface area contributed by atoms with E-state index in [0.717, 1.165) is 6.26 Å². The average molecular weight is 398 g/mol. The van der Waals surface area contributed by atoms with Gasteiger partial charge in [0.15, 0.2) is 9.84 Å². The van der Waals surface area contributed by atoms with Crippen LogP contribution >= 0.6 is 0 Å². The normalized spacial score (nSPS) is 12.3. The van der Waals surface area contributed by atoms with Crippen LogP contribution in [-0.2, 0) is 16.3 Å². The number of hydrogen-bond acceptors (Lipinski definition) is 3. The summed E-state index contributed by atoms with van der Waals surface area (Å²) in [6.45, 7) is 0. The molecule has 0 spiro atoms. The maximum atomic E-state index is 13.2. The van der Waals surface area contributed by atoms with Crippen LogP contribution in [0.2, 0.25) is 0 Å². The summed E-state index contributed by atoms with van der Waals surface area (Å²) in [7, 11) is -3.41. The van der Waals surface area contributed by atoms with Crippen molar-refractivity contribution in [2.45, 2.75) is 17.5 Å². The minimum atomic E-state index is -4.45. The third-order valence-corrected chi connectivity index (χ3v) is 4.94. The van der Waals surface area contributed by atoms with Crippen LogP contribution in [0.5, 0.6) is 0 Å². The van der Waals surface area contributed by atoms with Gasteiger partial charge in [0.25, 0.3) is 0 Å². The Morgan fingerprint density at radius 3 is 2.04 bits per heavy atom. The Hall–Kier alpha value is -2.68. The fourth-order valence-electron chi connectivity index (χ4n) is 2.59. The first-order chi connectivity index (χ1) is 12.5. The van der Waals surface area contributed by atoms with Gasteiger partial charge >= 0.3 is 6.18 Å². The molecular formula is C18H14F4N2O2S. The zero-order valence-electron chi connectivity index (χ0n) is 14.0. The maximum absolute atomic E-state index is 13.2. The Balaban J connectivity index is 2.11. The summed E-state index contributed by atoms with van der Waals surface area (Å²) in [4.78, 5) is 6.77. The van der Waals surface area contributed by atoms with Gasteiger partial charge in [-0.25, -0.2) is 17.8 Å². The molecule has 0 fully saturated rings. The summed E-state index contributed by atoms with van der Waals surface area (Å²) in [5.41, 5.74) is 1.41. The van der Waals surface area contributed by atoms with Crippen molar-refractivity contribution < 1.29 is 26.0 Å². The molecule has 0 amide bonds. The fourth-order valence-corrected chi connectivity index (χ4v) is 3.22. The molecule has 0 saturated carbocycles. The molecule has 1 aromatic heterocycles. The lowest BCUT2D eigenvalue weighted by molar-refractivity contribution is -0.128. The molecule has 0 saturated heterocycles. The van der Waals surface area contributed by atoms with E-state index in [-0.39, 0.29) is 16.4 Å². The third kappa shape index (κ3) is 4.54. The number of alkyl halides is 3. The molecule has 4 nitrogen and oxygen atoms in total. The Bertz CT molecular complexity index is 1050. The number of aromatic amines is 1. The maximum Gasteiger partial charge on any atom is 0.396 e. The molecule has 0 aliphatic rings. The molecule has 0 aliphatic heterocycles. The predicted octanol–water partition coefficient (Wildman–Crippen LogP) is 4.39. The van der Waals surface area contributed by atoms with E-state index in [1.165, 1.54) is 48.5 Å². The lowest BCUT2D eigenvalue weighted by atomic mass is 10.1. The van der Waals surface area contributed by atoms with Gasteiger partial charge in [-0.05, 0) is 36.4 Å². The van der Waals surface area contributed by atoms with E-state index in [2.05, 4.69) is 9.97 Å². The van der Waals surface area contributed by atoms with Crippen molar-refractivity contribution in [1.29, 1.82) is 0 Å². The highest BCUT2D eigenvalue weighted by molar-refractivity contribution is 7.90. The molecule has 9 heteroatoms. The molecule has 3 aromatic rings. The van der Waals surface area contributed by atoms with Gasteiger partial charge in [0.1, 0.15) is 18.1 Å². The van der Waals surface area contributed by atoms with E-state index < -0.39 is 28.3 Å². The second-order valence-corrected chi connectivity index (χ2v) is 8.02. The average Bonchev–Trinajstić information content (AvgIpc) is 2.96. The van der Waals surface area contributed by atoms with Crippen LogP contribution in [0.3, 0.4) is 0 Å². The van der Waals surface area contributed by atoms with E-state index in [0.29, 0.717) is 16.8 Å². The topological polar surface area (TPSA) is 62.8 Å². The summed E-state index contributed by atoms with van der Waals surface area (Å²) >= 11 is 0. The van der Waals surface area contributed by atoms with Crippen molar-refractivity contribution in [1.82, 2.24) is 9.97 Å². The van der Waals surface area contributed by atoms with Gasteiger partial charge in [-0.2, -0.15) is 13.2 Å². The third-order valence-electron chi connectivity index (χ3n) is 3.81. The lowest BCUT2D eigenvalue weighted by Crippen LogP contribution is -2.12. The van der Waals surface area contributed by atoms with Crippen molar-refractivity contribution in [2.75, 3.05) is 6.26 Å². The highest BCUT2D eigenvalue weighted by atomic mass is 32.2. The monoisotopic (exact) mass is 398 g/mol. The molecule has 2 aromatic carbocycles. The van der Waals surface area contributed by atoms with Gasteiger partial charge in [-0.15, -0.1) is 0 Å². The zero-order chi connectivity index (χ0) is 19.8. The second-order valence-electron chi connectivity index (χ2n) is 6.00. The Kier molecular flexibility index (Phi) is 4.81. The fraction of sp³-hybridized carbons (Fsp3) is 0.167. The largest absolute Gasteiger partial charge is 0.396 e. The molecule has 0 aliphatic carbocycles. The standard InChI is InChI=1S/C18H14F4N2O2S/c1-27(25,26)14-8-4-12(5-9-14)17-16(11-2-6-13(19)7-3-11)23-15(24-17)10-18(20,21)22/h2-9H,10H2,1H3,(H,23,24). The molecule has 0 atom stereocenters. The quantitative estimate of drug-likeness (QED) is 0.663. The molecule has 27 heavy (non-hydrogen) atoms. The van der Waals surface area contributed by atoms with Gasteiger partial charge in [0.2, 0.25) is 0 Å². The van der Waals surface area contributed by atoms with Crippen LogP contribution in [0.1, 0.15) is 5.82 Å². The van der Waals surface area contributed by atoms with Crippen LogP contribution in [0.4, 0.5) is 17.6 Å². The second kappa shape index (κ2) is 6.80. The molecule has 0 unspecified atom stereocenters. The van der Waals surface area contributed by atoms with Gasteiger partial charge in [-0.1, -0.05) is 12.1 Å². The van der Waals surface area contributed by atoms with Crippen LogP contribution in [0.25, 0.3) is 22.5 Å². The SMILES string of the molecule is CS(=O)(=O)c1ccc(-c2nc(CC(F)(F)F)[nH]c2-c2ccc(F)cc2)cc1. The number of aromatic nitrogens is 2. The number of hydrogen-bond donors (Lipinski definition) is 1. The number of halogens is 4. The summed E-state index contributed by atoms with van der Waals surface area (Å²) in [6, 6.07) is 10.9. The minimum Gasteiger partial charge on any atom is -0.341 e. The number of sulfone groups is 1. The number of nitrogens with one attached hydrogen (secondary N) is 1. The van der Waals surface area contributed by atoms with E-state index in [1.807, 2.05) is 0 Å². The van der Waals surface area contributed by atoms with Gasteiger partial charge in [0.05, 0.1) is 16.3 Å². The molecule has 1 heterocycles. The molecular weight excluding hydrogens is 384 g/mol. The Morgan fingerprint density at radius 1 is 0.963 bits per heavy atom. The van der Waals surface area contributed by atoms with Crippen molar-refractivity contribution in [3.63, 3.8) is 0 Å². The van der Waals surface area contributed by atoms with E-state index in [9.17, 15) is 26.0 Å².